The largest absolute Gasteiger partial charge is 0.480 e. The number of nitrogens with zero attached hydrogens (tertiary/aromatic N) is 1. The highest BCUT2D eigenvalue weighted by Gasteiger charge is 2.27. The van der Waals surface area contributed by atoms with Crippen LogP contribution in [0.3, 0.4) is 0 Å². The normalized spacial score (nSPS) is 20.8. The average molecular weight is 189 g/mol. The van der Waals surface area contributed by atoms with Gasteiger partial charge in [0, 0.05) is 12.3 Å². The Bertz CT molecular complexity index is 207. The van der Waals surface area contributed by atoms with Crippen LogP contribution >= 0.6 is 11.8 Å². The number of carbonyl (C=O) groups excluding carboxylic acids is 1. The molecule has 1 N–H and O–H groups in total. The van der Waals surface area contributed by atoms with Crippen LogP contribution in [0.15, 0.2) is 0 Å². The lowest BCUT2D eigenvalue weighted by Crippen LogP contribution is -2.47. The van der Waals surface area contributed by atoms with Crippen molar-refractivity contribution >= 4 is 23.6 Å². The van der Waals surface area contributed by atoms with E-state index >= 15 is 0 Å². The fourth-order valence-electron chi connectivity index (χ4n) is 1.07. The van der Waals surface area contributed by atoms with Gasteiger partial charge >= 0.3 is 5.97 Å². The Labute approximate surface area is 74.9 Å². The predicted octanol–water partition coefficient (Wildman–Crippen LogP) is 0.0349. The molecule has 0 aliphatic carbocycles. The highest BCUT2D eigenvalue weighted by atomic mass is 32.2. The summed E-state index contributed by atoms with van der Waals surface area (Å²) in [5, 5.41) is 8.65. The number of carbonyl (C=O) groups is 2. The van der Waals surface area contributed by atoms with E-state index in [1.54, 1.807) is 11.8 Å². The van der Waals surface area contributed by atoms with Gasteiger partial charge in [0.15, 0.2) is 0 Å². The Hall–Kier alpha value is -0.710. The van der Waals surface area contributed by atoms with Gasteiger partial charge in [-0.15, -0.1) is 0 Å². The first-order valence-electron chi connectivity index (χ1n) is 3.73. The van der Waals surface area contributed by atoms with Gasteiger partial charge in [-0.3, -0.25) is 4.79 Å². The van der Waals surface area contributed by atoms with Crippen molar-refractivity contribution in [3.63, 3.8) is 0 Å². The summed E-state index contributed by atoms with van der Waals surface area (Å²) in [4.78, 5) is 23.1. The van der Waals surface area contributed by atoms with E-state index in [4.69, 9.17) is 5.11 Å². The lowest BCUT2D eigenvalue weighted by atomic mass is 10.3. The van der Waals surface area contributed by atoms with Crippen molar-refractivity contribution < 1.29 is 14.7 Å². The van der Waals surface area contributed by atoms with Gasteiger partial charge in [-0.2, -0.15) is 11.8 Å². The molecule has 1 aliphatic heterocycles. The smallest absolute Gasteiger partial charge is 0.326 e. The summed E-state index contributed by atoms with van der Waals surface area (Å²) in [5.41, 5.74) is 0. The maximum atomic E-state index is 11.2. The number of carboxylic acid groups (broad SMARTS) is 1. The van der Waals surface area contributed by atoms with Crippen LogP contribution in [0.4, 0.5) is 0 Å². The molecular weight excluding hydrogens is 178 g/mol. The zero-order valence-corrected chi connectivity index (χ0v) is 7.63. The molecule has 0 bridgehead atoms. The van der Waals surface area contributed by atoms with E-state index in [1.807, 2.05) is 0 Å². The van der Waals surface area contributed by atoms with Gasteiger partial charge in [0.25, 0.3) is 0 Å². The van der Waals surface area contributed by atoms with E-state index in [1.165, 1.54) is 11.8 Å². The minimum absolute atomic E-state index is 0.0684. The van der Waals surface area contributed by atoms with Crippen LogP contribution in [0.25, 0.3) is 0 Å². The highest BCUT2D eigenvalue weighted by molar-refractivity contribution is 8.00. The van der Waals surface area contributed by atoms with E-state index in [0.29, 0.717) is 12.3 Å². The molecule has 0 aromatic carbocycles. The molecule has 1 fully saturated rings. The van der Waals surface area contributed by atoms with Crippen molar-refractivity contribution in [3.8, 4) is 0 Å². The molecular formula is C7H11NO3S. The second kappa shape index (κ2) is 3.80. The van der Waals surface area contributed by atoms with Crippen LogP contribution in [-0.2, 0) is 9.59 Å². The first-order valence-corrected chi connectivity index (χ1v) is 4.88. The molecule has 0 radical (unpaired) electrons. The van der Waals surface area contributed by atoms with E-state index < -0.39 is 12.0 Å². The second-order valence-corrected chi connectivity index (χ2v) is 3.76. The van der Waals surface area contributed by atoms with Crippen molar-refractivity contribution in [1.29, 1.82) is 0 Å². The standard InChI is InChI=1S/C7H11NO3S/c1-5(7(10)11)8-2-3-12-4-6(8)9/h5H,2-4H2,1H3,(H,10,11). The third-order valence-corrected chi connectivity index (χ3v) is 2.77. The van der Waals surface area contributed by atoms with E-state index in [-0.39, 0.29) is 5.91 Å². The molecule has 5 heteroatoms. The Balaban J connectivity index is 2.59. The lowest BCUT2D eigenvalue weighted by molar-refractivity contribution is -0.148. The Morgan fingerprint density at radius 3 is 2.92 bits per heavy atom. The molecule has 4 nitrogen and oxygen atoms in total. The number of amides is 1. The monoisotopic (exact) mass is 189 g/mol. The Morgan fingerprint density at radius 2 is 2.42 bits per heavy atom. The predicted molar refractivity (Wildman–Crippen MR) is 46.1 cm³/mol. The van der Waals surface area contributed by atoms with Gasteiger partial charge in [-0.25, -0.2) is 4.79 Å². The van der Waals surface area contributed by atoms with Crippen molar-refractivity contribution in [2.24, 2.45) is 0 Å². The van der Waals surface area contributed by atoms with Gasteiger partial charge in [0.2, 0.25) is 5.91 Å². The Morgan fingerprint density at radius 1 is 1.75 bits per heavy atom. The summed E-state index contributed by atoms with van der Waals surface area (Å²) in [7, 11) is 0. The van der Waals surface area contributed by atoms with Gasteiger partial charge in [0.1, 0.15) is 6.04 Å². The summed E-state index contributed by atoms with van der Waals surface area (Å²) in [5.74, 6) is 0.248. The van der Waals surface area contributed by atoms with Crippen LogP contribution < -0.4 is 0 Å². The molecule has 1 amide bonds. The highest BCUT2D eigenvalue weighted by Crippen LogP contribution is 2.13. The quantitative estimate of drug-likeness (QED) is 0.666. The fraction of sp³-hybridized carbons (Fsp3) is 0.714. The zero-order chi connectivity index (χ0) is 9.14. The van der Waals surface area contributed by atoms with Gasteiger partial charge in [-0.05, 0) is 6.92 Å². The van der Waals surface area contributed by atoms with Crippen LogP contribution in [-0.4, -0.2) is 46.0 Å². The number of aliphatic carboxylic acids is 1. The molecule has 1 atom stereocenters. The van der Waals surface area contributed by atoms with E-state index in [0.717, 1.165) is 5.75 Å². The Kier molecular flexibility index (Phi) is 2.97. The molecule has 0 aromatic rings. The summed E-state index contributed by atoms with van der Waals surface area (Å²) in [6, 6.07) is -0.682. The van der Waals surface area contributed by atoms with Crippen LogP contribution in [0, 0.1) is 0 Å². The summed E-state index contributed by atoms with van der Waals surface area (Å²) < 4.78 is 0. The number of hydrogen-bond acceptors (Lipinski definition) is 3. The minimum Gasteiger partial charge on any atom is -0.480 e. The van der Waals surface area contributed by atoms with Crippen molar-refractivity contribution in [3.05, 3.63) is 0 Å². The zero-order valence-electron chi connectivity index (χ0n) is 6.82. The lowest BCUT2D eigenvalue weighted by Gasteiger charge is -2.29. The van der Waals surface area contributed by atoms with Gasteiger partial charge in [0.05, 0.1) is 5.75 Å². The van der Waals surface area contributed by atoms with E-state index in [2.05, 4.69) is 0 Å². The molecule has 12 heavy (non-hydrogen) atoms. The molecule has 0 spiro atoms. The average Bonchev–Trinajstić information content (AvgIpc) is 2.04. The maximum absolute atomic E-state index is 11.2. The number of hydrogen-bond donors (Lipinski definition) is 1. The fourth-order valence-corrected chi connectivity index (χ4v) is 1.88. The molecule has 68 valence electrons. The van der Waals surface area contributed by atoms with Crippen molar-refractivity contribution in [1.82, 2.24) is 4.90 Å². The van der Waals surface area contributed by atoms with Crippen LogP contribution in [0.2, 0.25) is 0 Å². The summed E-state index contributed by atoms with van der Waals surface area (Å²) >= 11 is 1.55. The first-order chi connectivity index (χ1) is 5.63. The summed E-state index contributed by atoms with van der Waals surface area (Å²) in [6.07, 6.45) is 0. The maximum Gasteiger partial charge on any atom is 0.326 e. The minimum atomic E-state index is -0.935. The van der Waals surface area contributed by atoms with Crippen molar-refractivity contribution in [2.75, 3.05) is 18.1 Å². The SMILES string of the molecule is CC(C(=O)O)N1CCSCC1=O. The third kappa shape index (κ3) is 1.91. The molecule has 1 aliphatic rings. The second-order valence-electron chi connectivity index (χ2n) is 2.65. The number of rotatable bonds is 2. The van der Waals surface area contributed by atoms with Crippen LogP contribution in [0.5, 0.6) is 0 Å². The summed E-state index contributed by atoms with van der Waals surface area (Å²) in [6.45, 7) is 2.09. The van der Waals surface area contributed by atoms with Crippen LogP contribution in [0.1, 0.15) is 6.92 Å². The van der Waals surface area contributed by atoms with Gasteiger partial charge < -0.3 is 10.0 Å². The molecule has 1 unspecified atom stereocenters. The molecule has 1 saturated heterocycles. The molecule has 0 aromatic heterocycles. The van der Waals surface area contributed by atoms with Gasteiger partial charge in [-0.1, -0.05) is 0 Å². The van der Waals surface area contributed by atoms with Crippen molar-refractivity contribution in [2.45, 2.75) is 13.0 Å². The molecule has 1 heterocycles. The molecule has 1 rings (SSSR count). The topological polar surface area (TPSA) is 57.6 Å². The number of carboxylic acids is 1. The van der Waals surface area contributed by atoms with E-state index in [9.17, 15) is 9.59 Å². The molecule has 0 saturated carbocycles. The number of thioether (sulfide) groups is 1. The third-order valence-electron chi connectivity index (χ3n) is 1.85. The first kappa shape index (κ1) is 9.38.